The normalized spacial score (nSPS) is 31.9. The topological polar surface area (TPSA) is 42.0 Å². The quantitative estimate of drug-likeness (QED) is 0.683. The first-order chi connectivity index (χ1) is 12.7. The molecule has 4 bridgehead atoms. The highest BCUT2D eigenvalue weighted by atomic mass is 32.2. The standard InChI is InChI=1S/C21H24N2OS2/c24-19(21-9-14-6-15(10-21)8-16(7-14)11-21)23-20-22-17(13-26-20)12-25-18-4-2-1-3-5-18/h1-5,13-16H,6-12H2,(H,22,23,24). The highest BCUT2D eigenvalue weighted by Crippen LogP contribution is 2.60. The summed E-state index contributed by atoms with van der Waals surface area (Å²) in [5.41, 5.74) is 0.948. The van der Waals surface area contributed by atoms with Gasteiger partial charge in [-0.2, -0.15) is 0 Å². The number of rotatable bonds is 5. The summed E-state index contributed by atoms with van der Waals surface area (Å²) in [7, 11) is 0. The van der Waals surface area contributed by atoms with Crippen LogP contribution in [0.25, 0.3) is 0 Å². The zero-order valence-corrected chi connectivity index (χ0v) is 16.5. The van der Waals surface area contributed by atoms with Gasteiger partial charge in [-0.1, -0.05) is 18.2 Å². The molecule has 6 rings (SSSR count). The van der Waals surface area contributed by atoms with Gasteiger partial charge in [0.25, 0.3) is 0 Å². The number of carbonyl (C=O) groups excluding carboxylic acids is 1. The molecule has 4 saturated carbocycles. The molecule has 2 aromatic rings. The van der Waals surface area contributed by atoms with Gasteiger partial charge >= 0.3 is 0 Å². The van der Waals surface area contributed by atoms with E-state index in [1.165, 1.54) is 24.2 Å². The third-order valence-corrected chi connectivity index (χ3v) is 8.27. The summed E-state index contributed by atoms with van der Waals surface area (Å²) in [6.07, 6.45) is 7.41. The number of hydrogen-bond donors (Lipinski definition) is 1. The molecule has 4 aliphatic carbocycles. The number of benzene rings is 1. The van der Waals surface area contributed by atoms with Gasteiger partial charge in [0.05, 0.1) is 11.1 Å². The van der Waals surface area contributed by atoms with E-state index in [0.717, 1.165) is 53.6 Å². The smallest absolute Gasteiger partial charge is 0.232 e. The summed E-state index contributed by atoms with van der Waals surface area (Å²) in [4.78, 5) is 19.0. The van der Waals surface area contributed by atoms with Gasteiger partial charge in [-0.25, -0.2) is 4.98 Å². The van der Waals surface area contributed by atoms with E-state index in [-0.39, 0.29) is 11.3 Å². The fourth-order valence-electron chi connectivity index (χ4n) is 5.72. The Morgan fingerprint density at radius 3 is 2.42 bits per heavy atom. The molecule has 0 unspecified atom stereocenters. The monoisotopic (exact) mass is 384 g/mol. The molecule has 26 heavy (non-hydrogen) atoms. The predicted octanol–water partition coefficient (Wildman–Crippen LogP) is 5.59. The average Bonchev–Trinajstić information content (AvgIpc) is 3.07. The van der Waals surface area contributed by atoms with Crippen molar-refractivity contribution in [3.63, 3.8) is 0 Å². The maximum absolute atomic E-state index is 13.1. The summed E-state index contributed by atoms with van der Waals surface area (Å²) < 4.78 is 0. The fraction of sp³-hybridized carbons (Fsp3) is 0.524. The van der Waals surface area contributed by atoms with Crippen LogP contribution in [-0.4, -0.2) is 10.9 Å². The second-order valence-corrected chi connectivity index (χ2v) is 10.3. The van der Waals surface area contributed by atoms with Crippen LogP contribution in [0.3, 0.4) is 0 Å². The third kappa shape index (κ3) is 3.20. The minimum absolute atomic E-state index is 0.0978. The number of anilines is 1. The SMILES string of the molecule is O=C(Nc1nc(CSc2ccccc2)cs1)C12CC3CC(CC(C3)C1)C2. The van der Waals surface area contributed by atoms with Crippen LogP contribution in [0, 0.1) is 23.2 Å². The van der Waals surface area contributed by atoms with Crippen molar-refractivity contribution in [1.29, 1.82) is 0 Å². The molecular formula is C21H24N2OS2. The number of hydrogen-bond acceptors (Lipinski definition) is 4. The van der Waals surface area contributed by atoms with E-state index in [1.807, 2.05) is 6.07 Å². The number of amides is 1. The van der Waals surface area contributed by atoms with E-state index in [4.69, 9.17) is 0 Å². The number of carbonyl (C=O) groups is 1. The van der Waals surface area contributed by atoms with E-state index in [9.17, 15) is 4.79 Å². The zero-order valence-electron chi connectivity index (χ0n) is 14.8. The van der Waals surface area contributed by atoms with Crippen molar-refractivity contribution in [3.8, 4) is 0 Å². The van der Waals surface area contributed by atoms with Gasteiger partial charge in [0.1, 0.15) is 0 Å². The lowest BCUT2D eigenvalue weighted by Crippen LogP contribution is -2.51. The first-order valence-corrected chi connectivity index (χ1v) is 11.5. The minimum Gasteiger partial charge on any atom is -0.301 e. The van der Waals surface area contributed by atoms with Crippen LogP contribution < -0.4 is 5.32 Å². The molecule has 4 fully saturated rings. The zero-order chi connectivity index (χ0) is 17.6. The van der Waals surface area contributed by atoms with E-state index in [1.54, 1.807) is 23.1 Å². The molecule has 3 nitrogen and oxygen atoms in total. The summed E-state index contributed by atoms with van der Waals surface area (Å²) in [5.74, 6) is 3.46. The lowest BCUT2D eigenvalue weighted by atomic mass is 9.49. The number of nitrogens with zero attached hydrogens (tertiary/aromatic N) is 1. The van der Waals surface area contributed by atoms with Crippen LogP contribution in [0.2, 0.25) is 0 Å². The first-order valence-electron chi connectivity index (χ1n) is 9.62. The Hall–Kier alpha value is -1.33. The van der Waals surface area contributed by atoms with Crippen LogP contribution in [0.5, 0.6) is 0 Å². The third-order valence-electron chi connectivity index (χ3n) is 6.42. The Balaban J connectivity index is 1.23. The molecule has 1 aromatic carbocycles. The highest BCUT2D eigenvalue weighted by molar-refractivity contribution is 7.98. The average molecular weight is 385 g/mol. The molecule has 4 aliphatic rings. The molecule has 0 saturated heterocycles. The lowest BCUT2D eigenvalue weighted by molar-refractivity contribution is -0.140. The maximum Gasteiger partial charge on any atom is 0.232 e. The molecule has 0 spiro atoms. The summed E-state index contributed by atoms with van der Waals surface area (Å²) in [6, 6.07) is 10.4. The molecule has 0 radical (unpaired) electrons. The lowest BCUT2D eigenvalue weighted by Gasteiger charge is -2.55. The van der Waals surface area contributed by atoms with Crippen molar-refractivity contribution < 1.29 is 4.79 Å². The van der Waals surface area contributed by atoms with Gasteiger partial charge in [-0.05, 0) is 68.4 Å². The summed E-state index contributed by atoms with van der Waals surface area (Å²) in [6.45, 7) is 0. The minimum atomic E-state index is -0.0978. The van der Waals surface area contributed by atoms with Crippen molar-refractivity contribution in [3.05, 3.63) is 41.4 Å². The van der Waals surface area contributed by atoms with Gasteiger partial charge < -0.3 is 5.32 Å². The van der Waals surface area contributed by atoms with Crippen molar-refractivity contribution in [1.82, 2.24) is 4.98 Å². The van der Waals surface area contributed by atoms with Crippen molar-refractivity contribution >= 4 is 34.1 Å². The molecule has 1 amide bonds. The maximum atomic E-state index is 13.1. The number of aromatic nitrogens is 1. The van der Waals surface area contributed by atoms with Crippen LogP contribution in [0.4, 0.5) is 5.13 Å². The Bertz CT molecular complexity index is 766. The van der Waals surface area contributed by atoms with E-state index in [0.29, 0.717) is 0 Å². The first kappa shape index (κ1) is 16.8. The van der Waals surface area contributed by atoms with Crippen LogP contribution in [0.15, 0.2) is 40.6 Å². The molecule has 1 heterocycles. The number of thiazole rings is 1. The van der Waals surface area contributed by atoms with Crippen LogP contribution in [0.1, 0.15) is 44.2 Å². The fourth-order valence-corrected chi connectivity index (χ4v) is 7.35. The Morgan fingerprint density at radius 1 is 1.12 bits per heavy atom. The molecule has 1 aromatic heterocycles. The van der Waals surface area contributed by atoms with Gasteiger partial charge in [0.15, 0.2) is 5.13 Å². The van der Waals surface area contributed by atoms with Crippen molar-refractivity contribution in [2.75, 3.05) is 5.32 Å². The second kappa shape index (κ2) is 6.68. The van der Waals surface area contributed by atoms with Crippen LogP contribution >= 0.6 is 23.1 Å². The van der Waals surface area contributed by atoms with Gasteiger partial charge in [-0.3, -0.25) is 4.79 Å². The number of thioether (sulfide) groups is 1. The van der Waals surface area contributed by atoms with Crippen LogP contribution in [-0.2, 0) is 10.5 Å². The molecule has 136 valence electrons. The Kier molecular flexibility index (Phi) is 4.32. The number of nitrogens with one attached hydrogen (secondary N) is 1. The predicted molar refractivity (Wildman–Crippen MR) is 107 cm³/mol. The summed E-state index contributed by atoms with van der Waals surface area (Å²) in [5, 5.41) is 6.02. The second-order valence-electron chi connectivity index (χ2n) is 8.40. The molecule has 0 atom stereocenters. The Labute approximate surface area is 163 Å². The van der Waals surface area contributed by atoms with Crippen molar-refractivity contribution in [2.45, 2.75) is 49.2 Å². The van der Waals surface area contributed by atoms with Gasteiger partial charge in [-0.15, -0.1) is 23.1 Å². The Morgan fingerprint density at radius 2 is 1.77 bits per heavy atom. The molecule has 0 aliphatic heterocycles. The van der Waals surface area contributed by atoms with E-state index >= 15 is 0 Å². The molecule has 1 N–H and O–H groups in total. The highest BCUT2D eigenvalue weighted by Gasteiger charge is 2.54. The summed E-state index contributed by atoms with van der Waals surface area (Å²) >= 11 is 3.35. The van der Waals surface area contributed by atoms with Gasteiger partial charge in [0.2, 0.25) is 5.91 Å². The van der Waals surface area contributed by atoms with E-state index in [2.05, 4.69) is 39.9 Å². The molecular weight excluding hydrogens is 360 g/mol. The largest absolute Gasteiger partial charge is 0.301 e. The van der Waals surface area contributed by atoms with Gasteiger partial charge in [0, 0.05) is 16.0 Å². The van der Waals surface area contributed by atoms with E-state index < -0.39 is 0 Å². The van der Waals surface area contributed by atoms with Crippen molar-refractivity contribution in [2.24, 2.45) is 23.2 Å². The molecule has 5 heteroatoms.